The van der Waals surface area contributed by atoms with E-state index in [4.69, 9.17) is 23.2 Å². The van der Waals surface area contributed by atoms with Crippen molar-refractivity contribution in [3.05, 3.63) is 33.3 Å². The number of aryl methyl sites for hydroxylation is 1. The summed E-state index contributed by atoms with van der Waals surface area (Å²) in [6.45, 7) is 3.97. The molecule has 0 spiro atoms. The minimum Gasteiger partial charge on any atom is -0.135 e. The summed E-state index contributed by atoms with van der Waals surface area (Å²) in [5.41, 5.74) is 2.24. The van der Waals surface area contributed by atoms with Crippen molar-refractivity contribution in [2.45, 2.75) is 13.8 Å². The molecule has 0 aliphatic heterocycles. The lowest BCUT2D eigenvalue weighted by atomic mass is 10.1. The van der Waals surface area contributed by atoms with Gasteiger partial charge in [0.25, 0.3) is 0 Å². The monoisotopic (exact) mass is 281 g/mol. The smallest absolute Gasteiger partial charge is 0.135 e. The second-order valence-electron chi connectivity index (χ2n) is 2.30. The Morgan fingerprint density at radius 1 is 1.17 bits per heavy atom. The highest BCUT2D eigenvalue weighted by Gasteiger charge is 2.01. The number of halogens is 3. The summed E-state index contributed by atoms with van der Waals surface area (Å²) < 4.78 is 0. The van der Waals surface area contributed by atoms with Crippen LogP contribution in [0.5, 0.6) is 0 Å². The lowest BCUT2D eigenvalue weighted by Gasteiger charge is -2.02. The Morgan fingerprint density at radius 2 is 1.67 bits per heavy atom. The summed E-state index contributed by atoms with van der Waals surface area (Å²) in [7, 11) is 2.78. The summed E-state index contributed by atoms with van der Waals surface area (Å²) in [5.74, 6) is 0. The predicted octanol–water partition coefficient (Wildman–Crippen LogP) is 4.08. The van der Waals surface area contributed by atoms with E-state index in [1.54, 1.807) is 0 Å². The Morgan fingerprint density at radius 3 is 2.08 bits per heavy atom. The van der Waals surface area contributed by atoms with Crippen LogP contribution in [0.4, 0.5) is 0 Å². The van der Waals surface area contributed by atoms with E-state index in [1.807, 2.05) is 26.0 Å². The van der Waals surface area contributed by atoms with Gasteiger partial charge in [0.15, 0.2) is 0 Å². The third kappa shape index (κ3) is 3.09. The molecule has 4 heteroatoms. The Labute approximate surface area is 94.3 Å². The molecule has 0 aliphatic carbocycles. The van der Waals surface area contributed by atoms with Crippen LogP contribution >= 0.6 is 38.5 Å². The molecule has 3 radical (unpaired) electrons. The van der Waals surface area contributed by atoms with Gasteiger partial charge in [-0.1, -0.05) is 29.3 Å². The predicted molar refractivity (Wildman–Crippen MR) is 60.6 cm³/mol. The third-order valence-corrected chi connectivity index (χ3v) is 2.51. The molecule has 0 aliphatic rings. The molecule has 0 atom stereocenters. The number of hydrogen-bond donors (Lipinski definition) is 0. The third-order valence-electron chi connectivity index (χ3n) is 1.61. The van der Waals surface area contributed by atoms with Crippen LogP contribution in [0.3, 0.4) is 0 Å². The van der Waals surface area contributed by atoms with Gasteiger partial charge in [-0.3, -0.25) is 0 Å². The highest BCUT2D eigenvalue weighted by atomic mass is 79.9. The topological polar surface area (TPSA) is 0 Å². The highest BCUT2D eigenvalue weighted by molar-refractivity contribution is 9.22. The normalized spacial score (nSPS) is 8.83. The molecule has 0 bridgehead atoms. The fourth-order valence-electron chi connectivity index (χ4n) is 0.749. The Balaban J connectivity index is 0.000000561. The van der Waals surface area contributed by atoms with E-state index < -0.39 is 0 Å². The minimum atomic E-state index is 0.629. The maximum absolute atomic E-state index is 5.85. The van der Waals surface area contributed by atoms with Crippen molar-refractivity contribution in [1.82, 2.24) is 0 Å². The summed E-state index contributed by atoms with van der Waals surface area (Å²) in [5, 5.41) is 1.30. The van der Waals surface area contributed by atoms with Gasteiger partial charge in [0, 0.05) is 0 Å². The molecule has 0 N–H and O–H groups in total. The number of benzene rings is 1. The molecule has 1 aromatic carbocycles. The van der Waals surface area contributed by atoms with Crippen molar-refractivity contribution < 1.29 is 0 Å². The van der Waals surface area contributed by atoms with Crippen LogP contribution < -0.4 is 0 Å². The van der Waals surface area contributed by atoms with Crippen LogP contribution in [0.25, 0.3) is 0 Å². The van der Waals surface area contributed by atoms with Crippen molar-refractivity contribution in [1.29, 1.82) is 0 Å². The highest BCUT2D eigenvalue weighted by Crippen LogP contribution is 2.26. The number of rotatable bonds is 0. The van der Waals surface area contributed by atoms with E-state index in [1.165, 1.54) is 5.56 Å². The summed E-state index contributed by atoms with van der Waals surface area (Å²) >= 11 is 14.3. The van der Waals surface area contributed by atoms with E-state index >= 15 is 0 Å². The van der Waals surface area contributed by atoms with E-state index in [9.17, 15) is 0 Å². The van der Waals surface area contributed by atoms with Crippen LogP contribution in [0.15, 0.2) is 12.1 Å². The van der Waals surface area contributed by atoms with Crippen LogP contribution in [0, 0.1) is 13.8 Å². The van der Waals surface area contributed by atoms with E-state index in [2.05, 4.69) is 24.2 Å². The molecule has 0 unspecified atom stereocenters. The molecular weight excluding hydrogens is 275 g/mol. The molecule has 0 saturated carbocycles. The maximum atomic E-state index is 5.85. The number of hydrogen-bond acceptors (Lipinski definition) is 0. The molecule has 0 heterocycles. The molecule has 0 aromatic heterocycles. The SMILES string of the molecule is Cc1ccc(Cl)c(Cl)c1C.[Si]Br. The zero-order valence-electron chi connectivity index (χ0n) is 6.79. The van der Waals surface area contributed by atoms with Crippen molar-refractivity contribution in [3.8, 4) is 0 Å². The van der Waals surface area contributed by atoms with Gasteiger partial charge in [-0.15, -0.1) is 15.3 Å². The lowest BCUT2D eigenvalue weighted by Crippen LogP contribution is -1.81. The van der Waals surface area contributed by atoms with Gasteiger partial charge in [0.05, 0.1) is 10.0 Å². The molecule has 0 saturated heterocycles. The van der Waals surface area contributed by atoms with E-state index in [0.717, 1.165) is 5.56 Å². The van der Waals surface area contributed by atoms with Crippen LogP contribution in [0.1, 0.15) is 11.1 Å². The van der Waals surface area contributed by atoms with Crippen LogP contribution in [-0.2, 0) is 0 Å². The average Bonchev–Trinajstić information content (AvgIpc) is 2.12. The molecule has 0 fully saturated rings. The van der Waals surface area contributed by atoms with Gasteiger partial charge in [0.1, 0.15) is 8.86 Å². The largest absolute Gasteiger partial charge is 0.135 e. The van der Waals surface area contributed by atoms with Crippen LogP contribution in [0.2, 0.25) is 10.0 Å². The summed E-state index contributed by atoms with van der Waals surface area (Å²) in [6, 6.07) is 3.77. The summed E-state index contributed by atoms with van der Waals surface area (Å²) in [4.78, 5) is 0. The average molecular weight is 283 g/mol. The molecule has 65 valence electrons. The Kier molecular flexibility index (Phi) is 6.28. The first-order valence-corrected chi connectivity index (χ1v) is 6.74. The molecule has 1 aromatic rings. The lowest BCUT2D eigenvalue weighted by molar-refractivity contribution is 1.34. The first-order valence-electron chi connectivity index (χ1n) is 3.23. The summed E-state index contributed by atoms with van der Waals surface area (Å²) in [6.07, 6.45) is 0. The Hall–Kier alpha value is 0.497. The molecule has 0 nitrogen and oxygen atoms in total. The zero-order valence-corrected chi connectivity index (χ0v) is 10.9. The van der Waals surface area contributed by atoms with Gasteiger partial charge in [-0.05, 0) is 31.0 Å². The zero-order chi connectivity index (χ0) is 9.72. The Bertz CT molecular complexity index is 236. The fourth-order valence-corrected chi connectivity index (χ4v) is 1.17. The fraction of sp³-hybridized carbons (Fsp3) is 0.250. The first-order chi connectivity index (χ1) is 5.63. The molecule has 12 heavy (non-hydrogen) atoms. The first kappa shape index (κ1) is 12.5. The van der Waals surface area contributed by atoms with Crippen molar-refractivity contribution in [3.63, 3.8) is 0 Å². The van der Waals surface area contributed by atoms with Crippen LogP contribution in [-0.4, -0.2) is 8.86 Å². The van der Waals surface area contributed by atoms with E-state index in [0.29, 0.717) is 10.0 Å². The van der Waals surface area contributed by atoms with Gasteiger partial charge in [-0.2, -0.15) is 0 Å². The van der Waals surface area contributed by atoms with Crippen molar-refractivity contribution in [2.75, 3.05) is 0 Å². The van der Waals surface area contributed by atoms with Gasteiger partial charge in [0.2, 0.25) is 0 Å². The molecular formula is C8H8BrCl2Si. The molecule has 0 amide bonds. The quantitative estimate of drug-likeness (QED) is 0.497. The molecule has 1 rings (SSSR count). The van der Waals surface area contributed by atoms with Gasteiger partial charge in [-0.25, -0.2) is 0 Å². The maximum Gasteiger partial charge on any atom is 0.135 e. The standard InChI is InChI=1S/C8H8Cl2.BrSi/c1-5-3-4-7(9)8(10)6(5)2;1-2/h3-4H,1-2H3;. The van der Waals surface area contributed by atoms with Gasteiger partial charge < -0.3 is 0 Å². The minimum absolute atomic E-state index is 0.629. The second-order valence-corrected chi connectivity index (χ2v) is 3.09. The van der Waals surface area contributed by atoms with Gasteiger partial charge >= 0.3 is 0 Å². The van der Waals surface area contributed by atoms with Crippen molar-refractivity contribution in [2.24, 2.45) is 0 Å². The van der Waals surface area contributed by atoms with E-state index in [-0.39, 0.29) is 0 Å². The van der Waals surface area contributed by atoms with Crippen molar-refractivity contribution >= 4 is 47.4 Å². The second kappa shape index (κ2) is 6.03.